The number of amides is 1. The summed E-state index contributed by atoms with van der Waals surface area (Å²) in [6.45, 7) is 8.49. The van der Waals surface area contributed by atoms with Crippen molar-refractivity contribution in [3.63, 3.8) is 0 Å². The SMILES string of the molecule is CCSc1cccn2c(C(C)(C)N3CC4C(C3)C4C(N)=O)ncc12.Cl. The lowest BCUT2D eigenvalue weighted by Crippen LogP contribution is -2.43. The van der Waals surface area contributed by atoms with Gasteiger partial charge in [0.05, 0.1) is 17.3 Å². The van der Waals surface area contributed by atoms with E-state index in [-0.39, 0.29) is 29.8 Å². The molecule has 7 heteroatoms. The van der Waals surface area contributed by atoms with Crippen LogP contribution in [0.3, 0.4) is 0 Å². The Hall–Kier alpha value is -1.24. The lowest BCUT2D eigenvalue weighted by Gasteiger charge is -2.36. The average molecular weight is 381 g/mol. The summed E-state index contributed by atoms with van der Waals surface area (Å²) in [7, 11) is 0. The molecule has 2 aliphatic rings. The number of piperidine rings is 1. The number of aromatic nitrogens is 2. The highest BCUT2D eigenvalue weighted by atomic mass is 35.5. The predicted octanol–water partition coefficient (Wildman–Crippen LogP) is 2.77. The largest absolute Gasteiger partial charge is 0.369 e. The second kappa shape index (κ2) is 6.49. The molecule has 1 amide bonds. The number of carbonyl (C=O) groups excluding carboxylic acids is 1. The van der Waals surface area contributed by atoms with Crippen molar-refractivity contribution in [2.45, 2.75) is 31.2 Å². The van der Waals surface area contributed by atoms with Gasteiger partial charge in [-0.25, -0.2) is 4.98 Å². The quantitative estimate of drug-likeness (QED) is 0.810. The van der Waals surface area contributed by atoms with Crippen molar-refractivity contribution >= 4 is 35.6 Å². The minimum atomic E-state index is -0.169. The summed E-state index contributed by atoms with van der Waals surface area (Å²) in [6, 6.07) is 4.25. The van der Waals surface area contributed by atoms with Crippen LogP contribution in [0.4, 0.5) is 0 Å². The van der Waals surface area contributed by atoms with E-state index < -0.39 is 0 Å². The zero-order valence-electron chi connectivity index (χ0n) is 14.8. The topological polar surface area (TPSA) is 63.6 Å². The van der Waals surface area contributed by atoms with E-state index in [0.717, 1.165) is 24.7 Å². The number of hydrogen-bond acceptors (Lipinski definition) is 4. The van der Waals surface area contributed by atoms with Gasteiger partial charge >= 0.3 is 0 Å². The number of nitrogens with zero attached hydrogens (tertiary/aromatic N) is 3. The number of thioether (sulfide) groups is 1. The van der Waals surface area contributed by atoms with Crippen molar-refractivity contribution in [3.8, 4) is 0 Å². The monoisotopic (exact) mass is 380 g/mol. The van der Waals surface area contributed by atoms with Gasteiger partial charge in [0, 0.05) is 30.1 Å². The van der Waals surface area contributed by atoms with Gasteiger partial charge in [0.2, 0.25) is 5.91 Å². The Bertz CT molecular complexity index is 793. The first-order chi connectivity index (χ1) is 11.4. The van der Waals surface area contributed by atoms with Gasteiger partial charge in [-0.2, -0.15) is 0 Å². The molecule has 3 heterocycles. The number of primary amides is 1. The predicted molar refractivity (Wildman–Crippen MR) is 103 cm³/mol. The van der Waals surface area contributed by atoms with E-state index >= 15 is 0 Å². The summed E-state index contributed by atoms with van der Waals surface area (Å²) in [5.74, 6) is 2.97. The van der Waals surface area contributed by atoms with Crippen LogP contribution < -0.4 is 5.73 Å². The van der Waals surface area contributed by atoms with Crippen LogP contribution in [-0.4, -0.2) is 39.0 Å². The minimum absolute atomic E-state index is 0. The number of pyridine rings is 1. The van der Waals surface area contributed by atoms with Crippen molar-refractivity contribution in [2.24, 2.45) is 23.5 Å². The first-order valence-electron chi connectivity index (χ1n) is 8.59. The molecule has 25 heavy (non-hydrogen) atoms. The molecular weight excluding hydrogens is 356 g/mol. The summed E-state index contributed by atoms with van der Waals surface area (Å²) in [6.07, 6.45) is 4.08. The highest BCUT2D eigenvalue weighted by molar-refractivity contribution is 7.99. The minimum Gasteiger partial charge on any atom is -0.369 e. The molecule has 1 saturated heterocycles. The molecule has 1 saturated carbocycles. The van der Waals surface area contributed by atoms with Gasteiger partial charge in [0.1, 0.15) is 5.82 Å². The molecule has 2 aromatic rings. The van der Waals surface area contributed by atoms with E-state index in [1.807, 2.05) is 18.0 Å². The molecule has 5 nitrogen and oxygen atoms in total. The van der Waals surface area contributed by atoms with Crippen molar-refractivity contribution in [3.05, 3.63) is 30.4 Å². The smallest absolute Gasteiger partial charge is 0.221 e. The van der Waals surface area contributed by atoms with Gasteiger partial charge in [-0.1, -0.05) is 6.92 Å². The fourth-order valence-electron chi connectivity index (χ4n) is 4.27. The van der Waals surface area contributed by atoms with E-state index in [9.17, 15) is 4.79 Å². The summed E-state index contributed by atoms with van der Waals surface area (Å²) in [5, 5.41) is 0. The maximum Gasteiger partial charge on any atom is 0.221 e. The van der Waals surface area contributed by atoms with E-state index in [1.54, 1.807) is 0 Å². The van der Waals surface area contributed by atoms with Crippen LogP contribution in [0.15, 0.2) is 29.4 Å². The number of fused-ring (bicyclic) bond motifs is 2. The Kier molecular flexibility index (Phi) is 4.81. The van der Waals surface area contributed by atoms with Crippen LogP contribution in [-0.2, 0) is 10.3 Å². The summed E-state index contributed by atoms with van der Waals surface area (Å²) in [4.78, 5) is 19.9. The van der Waals surface area contributed by atoms with Crippen LogP contribution >= 0.6 is 24.2 Å². The van der Waals surface area contributed by atoms with Gasteiger partial charge in [0.25, 0.3) is 0 Å². The third-order valence-electron chi connectivity index (χ3n) is 5.69. The second-order valence-corrected chi connectivity index (χ2v) is 8.67. The van der Waals surface area contributed by atoms with Crippen LogP contribution in [0.2, 0.25) is 0 Å². The standard InChI is InChI=1S/C18H24N4OS.ClH/c1-4-24-14-6-5-7-22-13(14)8-20-17(22)18(2,3)21-9-11-12(10-21)15(11)16(19)23;/h5-8,11-12,15H,4,9-10H2,1-3H3,(H2,19,23);1H. The fraction of sp³-hybridized carbons (Fsp3) is 0.556. The van der Waals surface area contributed by atoms with Gasteiger partial charge in [-0.3, -0.25) is 9.69 Å². The lowest BCUT2D eigenvalue weighted by atomic mass is 10.0. The number of nitrogens with two attached hydrogens (primary N) is 1. The highest BCUT2D eigenvalue weighted by Crippen LogP contribution is 2.53. The summed E-state index contributed by atoms with van der Waals surface area (Å²) >= 11 is 1.85. The third kappa shape index (κ3) is 2.84. The van der Waals surface area contributed by atoms with E-state index in [0.29, 0.717) is 11.8 Å². The number of hydrogen-bond donors (Lipinski definition) is 1. The molecule has 2 aromatic heterocycles. The number of halogens is 1. The van der Waals surface area contributed by atoms with Crippen LogP contribution in [0.25, 0.3) is 5.52 Å². The zero-order valence-corrected chi connectivity index (χ0v) is 16.4. The number of carbonyl (C=O) groups is 1. The first kappa shape index (κ1) is 18.5. The summed E-state index contributed by atoms with van der Waals surface area (Å²) in [5.41, 5.74) is 6.48. The van der Waals surface area contributed by atoms with Crippen molar-refractivity contribution in [1.82, 2.24) is 14.3 Å². The Morgan fingerprint density at radius 3 is 2.68 bits per heavy atom. The van der Waals surface area contributed by atoms with Crippen molar-refractivity contribution in [2.75, 3.05) is 18.8 Å². The van der Waals surface area contributed by atoms with Crippen LogP contribution in [0.5, 0.6) is 0 Å². The van der Waals surface area contributed by atoms with Gasteiger partial charge in [0.15, 0.2) is 0 Å². The Labute approximate surface area is 158 Å². The fourth-order valence-corrected chi connectivity index (χ4v) is 5.06. The molecule has 2 fully saturated rings. The molecule has 1 aliphatic heterocycles. The molecule has 2 atom stereocenters. The van der Waals surface area contributed by atoms with E-state index in [4.69, 9.17) is 10.7 Å². The first-order valence-corrected chi connectivity index (χ1v) is 9.57. The molecule has 0 spiro atoms. The van der Waals surface area contributed by atoms with Crippen LogP contribution in [0, 0.1) is 17.8 Å². The van der Waals surface area contributed by atoms with Crippen LogP contribution in [0.1, 0.15) is 26.6 Å². The second-order valence-electron chi connectivity index (χ2n) is 7.36. The van der Waals surface area contributed by atoms with Crippen molar-refractivity contribution < 1.29 is 4.79 Å². The number of rotatable bonds is 5. The molecule has 0 aromatic carbocycles. The Balaban J connectivity index is 0.00000182. The number of imidazole rings is 1. The average Bonchev–Trinajstić information content (AvgIpc) is 2.90. The van der Waals surface area contributed by atoms with Gasteiger partial charge in [-0.15, -0.1) is 24.2 Å². The normalized spacial score (nSPS) is 25.6. The third-order valence-corrected chi connectivity index (χ3v) is 6.64. The summed E-state index contributed by atoms with van der Waals surface area (Å²) < 4.78 is 2.22. The lowest BCUT2D eigenvalue weighted by molar-refractivity contribution is -0.120. The molecule has 1 aliphatic carbocycles. The molecule has 0 radical (unpaired) electrons. The van der Waals surface area contributed by atoms with Crippen molar-refractivity contribution in [1.29, 1.82) is 0 Å². The molecular formula is C18H25ClN4OS. The Morgan fingerprint density at radius 2 is 2.08 bits per heavy atom. The van der Waals surface area contributed by atoms with E-state index in [2.05, 4.69) is 48.4 Å². The molecule has 4 rings (SSSR count). The zero-order chi connectivity index (χ0) is 17.1. The molecule has 2 N–H and O–H groups in total. The molecule has 2 unspecified atom stereocenters. The van der Waals surface area contributed by atoms with E-state index in [1.165, 1.54) is 10.4 Å². The van der Waals surface area contributed by atoms with Gasteiger partial charge in [-0.05, 0) is 43.6 Å². The van der Waals surface area contributed by atoms with Gasteiger partial charge < -0.3 is 10.1 Å². The highest BCUT2D eigenvalue weighted by Gasteiger charge is 2.60. The molecule has 136 valence electrons. The Morgan fingerprint density at radius 1 is 1.40 bits per heavy atom. The molecule has 0 bridgehead atoms. The maximum absolute atomic E-state index is 11.4. The number of likely N-dealkylation sites (tertiary alicyclic amines) is 1. The maximum atomic E-state index is 11.4.